The molecule has 0 spiro atoms. The highest BCUT2D eigenvalue weighted by Crippen LogP contribution is 2.29. The number of carbonyl (C=O) groups excluding carboxylic acids is 1. The van der Waals surface area contributed by atoms with Crippen LogP contribution in [0.3, 0.4) is 0 Å². The lowest BCUT2D eigenvalue weighted by Gasteiger charge is -2.21. The van der Waals surface area contributed by atoms with Crippen LogP contribution in [0.4, 0.5) is 4.39 Å². The third-order valence-corrected chi connectivity index (χ3v) is 4.19. The Morgan fingerprint density at radius 1 is 1.39 bits per heavy atom. The molecule has 1 N–H and O–H groups in total. The molecule has 0 aromatic heterocycles. The summed E-state index contributed by atoms with van der Waals surface area (Å²) in [5.41, 5.74) is 1.48. The summed E-state index contributed by atoms with van der Waals surface area (Å²) in [5.74, 6) is 0.388. The number of nitrogens with one attached hydrogen (secondary N) is 1. The second-order valence-corrected chi connectivity index (χ2v) is 5.94. The smallest absolute Gasteiger partial charge is 0.220 e. The number of amides is 1. The van der Waals surface area contributed by atoms with Gasteiger partial charge in [0.25, 0.3) is 0 Å². The number of halogens is 1. The minimum atomic E-state index is -0.308. The van der Waals surface area contributed by atoms with E-state index in [9.17, 15) is 9.18 Å². The summed E-state index contributed by atoms with van der Waals surface area (Å²) in [6.45, 7) is 1.80. The van der Waals surface area contributed by atoms with Crippen LogP contribution < -0.4 is 10.1 Å². The lowest BCUT2D eigenvalue weighted by molar-refractivity contribution is -0.121. The normalized spacial score (nSPS) is 20.0. The molecule has 0 aliphatic carbocycles. The zero-order valence-electron chi connectivity index (χ0n) is 13.1. The highest BCUT2D eigenvalue weighted by atomic mass is 19.1. The lowest BCUT2D eigenvalue weighted by atomic mass is 10.1. The van der Waals surface area contributed by atoms with Crippen molar-refractivity contribution in [2.24, 2.45) is 0 Å². The van der Waals surface area contributed by atoms with Gasteiger partial charge in [-0.3, -0.25) is 4.79 Å². The molecule has 2 heterocycles. The van der Waals surface area contributed by atoms with E-state index >= 15 is 0 Å². The molecule has 1 unspecified atom stereocenters. The van der Waals surface area contributed by atoms with Gasteiger partial charge < -0.3 is 19.5 Å². The molecule has 2 aliphatic rings. The summed E-state index contributed by atoms with van der Waals surface area (Å²) in [6, 6.07) is 2.89. The maximum atomic E-state index is 13.6. The first-order valence-electron chi connectivity index (χ1n) is 8.12. The number of carbonyl (C=O) groups is 1. The fourth-order valence-electron chi connectivity index (χ4n) is 3.03. The maximum absolute atomic E-state index is 13.6. The first kappa shape index (κ1) is 16.2. The Kier molecular flexibility index (Phi) is 5.46. The Labute approximate surface area is 135 Å². The van der Waals surface area contributed by atoms with Gasteiger partial charge in [-0.15, -0.1) is 0 Å². The van der Waals surface area contributed by atoms with Crippen LogP contribution in [0.2, 0.25) is 0 Å². The number of rotatable bonds is 6. The molecule has 1 atom stereocenters. The quantitative estimate of drug-likeness (QED) is 0.873. The van der Waals surface area contributed by atoms with Gasteiger partial charge in [0.2, 0.25) is 5.91 Å². The zero-order valence-corrected chi connectivity index (χ0v) is 13.1. The standard InChI is InChI=1S/C17H22FNO4/c18-14-8-12(17-13(9-14)10-21-11-23-17)5-6-19-16(20)4-3-15-2-1-7-22-15/h8-9,15H,1-7,10-11H2,(H,19,20). The van der Waals surface area contributed by atoms with E-state index in [1.807, 2.05) is 0 Å². The van der Waals surface area contributed by atoms with E-state index in [2.05, 4.69) is 5.32 Å². The Morgan fingerprint density at radius 3 is 3.13 bits per heavy atom. The minimum Gasteiger partial charge on any atom is -0.467 e. The second kappa shape index (κ2) is 7.75. The van der Waals surface area contributed by atoms with Crippen molar-refractivity contribution in [1.29, 1.82) is 0 Å². The zero-order chi connectivity index (χ0) is 16.1. The van der Waals surface area contributed by atoms with Crippen molar-refractivity contribution in [3.05, 3.63) is 29.1 Å². The molecule has 2 aliphatic heterocycles. The lowest BCUT2D eigenvalue weighted by Crippen LogP contribution is -2.27. The van der Waals surface area contributed by atoms with Crippen molar-refractivity contribution in [1.82, 2.24) is 5.32 Å². The molecule has 1 aromatic carbocycles. The highest BCUT2D eigenvalue weighted by molar-refractivity contribution is 5.75. The molecular formula is C17H22FNO4. The molecule has 3 rings (SSSR count). The van der Waals surface area contributed by atoms with Crippen molar-refractivity contribution in [2.75, 3.05) is 19.9 Å². The van der Waals surface area contributed by atoms with Crippen LogP contribution in [-0.4, -0.2) is 32.0 Å². The predicted octanol–water partition coefficient (Wildman–Crippen LogP) is 2.31. The molecule has 0 bridgehead atoms. The molecular weight excluding hydrogens is 301 g/mol. The Bertz CT molecular complexity index is 558. The third-order valence-electron chi connectivity index (χ3n) is 4.19. The first-order chi connectivity index (χ1) is 11.2. The molecule has 1 amide bonds. The van der Waals surface area contributed by atoms with Crippen molar-refractivity contribution in [3.8, 4) is 5.75 Å². The molecule has 126 valence electrons. The molecule has 6 heteroatoms. The second-order valence-electron chi connectivity index (χ2n) is 5.94. The molecule has 1 saturated heterocycles. The van der Waals surface area contributed by atoms with Gasteiger partial charge in [0.1, 0.15) is 11.6 Å². The molecule has 0 saturated carbocycles. The minimum absolute atomic E-state index is 0.00928. The number of hydrogen-bond donors (Lipinski definition) is 1. The van der Waals surface area contributed by atoms with E-state index in [4.69, 9.17) is 14.2 Å². The van der Waals surface area contributed by atoms with Crippen LogP contribution in [0.15, 0.2) is 12.1 Å². The molecule has 5 nitrogen and oxygen atoms in total. The SMILES string of the molecule is O=C(CCC1CCCO1)NCCc1cc(F)cc2c1OCOC2. The number of benzene rings is 1. The van der Waals surface area contributed by atoms with Crippen molar-refractivity contribution in [2.45, 2.75) is 44.8 Å². The fraction of sp³-hybridized carbons (Fsp3) is 0.588. The van der Waals surface area contributed by atoms with Gasteiger partial charge in [0.05, 0.1) is 12.7 Å². The fourth-order valence-corrected chi connectivity index (χ4v) is 3.03. The summed E-state index contributed by atoms with van der Waals surface area (Å²) >= 11 is 0. The average molecular weight is 323 g/mol. The topological polar surface area (TPSA) is 56.8 Å². The van der Waals surface area contributed by atoms with Crippen LogP contribution in [0.25, 0.3) is 0 Å². The number of fused-ring (bicyclic) bond motifs is 1. The maximum Gasteiger partial charge on any atom is 0.220 e. The van der Waals surface area contributed by atoms with Gasteiger partial charge in [-0.25, -0.2) is 4.39 Å². The van der Waals surface area contributed by atoms with Gasteiger partial charge in [-0.1, -0.05) is 0 Å². The van der Waals surface area contributed by atoms with Gasteiger partial charge in [-0.05, 0) is 43.4 Å². The van der Waals surface area contributed by atoms with Crippen LogP contribution in [-0.2, 0) is 27.3 Å². The summed E-state index contributed by atoms with van der Waals surface area (Å²) in [6.07, 6.45) is 4.12. The average Bonchev–Trinajstić information content (AvgIpc) is 3.06. The van der Waals surface area contributed by atoms with Crippen molar-refractivity contribution in [3.63, 3.8) is 0 Å². The predicted molar refractivity (Wildman–Crippen MR) is 81.6 cm³/mol. The summed E-state index contributed by atoms with van der Waals surface area (Å²) in [5, 5.41) is 2.88. The van der Waals surface area contributed by atoms with E-state index in [1.54, 1.807) is 0 Å². The Hall–Kier alpha value is -1.66. The van der Waals surface area contributed by atoms with Gasteiger partial charge >= 0.3 is 0 Å². The Morgan fingerprint density at radius 2 is 2.30 bits per heavy atom. The van der Waals surface area contributed by atoms with Gasteiger partial charge in [0, 0.05) is 25.1 Å². The molecule has 23 heavy (non-hydrogen) atoms. The van der Waals surface area contributed by atoms with Crippen LogP contribution in [0.5, 0.6) is 5.75 Å². The molecule has 1 fully saturated rings. The summed E-state index contributed by atoms with van der Waals surface area (Å²) in [7, 11) is 0. The monoisotopic (exact) mass is 323 g/mol. The molecule has 0 radical (unpaired) electrons. The van der Waals surface area contributed by atoms with Crippen LogP contribution in [0.1, 0.15) is 36.8 Å². The van der Waals surface area contributed by atoms with E-state index in [-0.39, 0.29) is 24.6 Å². The largest absolute Gasteiger partial charge is 0.467 e. The number of ether oxygens (including phenoxy) is 3. The third kappa shape index (κ3) is 4.42. The highest BCUT2D eigenvalue weighted by Gasteiger charge is 2.18. The van der Waals surface area contributed by atoms with Gasteiger partial charge in [0.15, 0.2) is 6.79 Å². The van der Waals surface area contributed by atoms with E-state index < -0.39 is 0 Å². The van der Waals surface area contributed by atoms with E-state index in [0.29, 0.717) is 31.7 Å². The number of hydrogen-bond acceptors (Lipinski definition) is 4. The van der Waals surface area contributed by atoms with E-state index in [0.717, 1.165) is 37.0 Å². The van der Waals surface area contributed by atoms with Crippen LogP contribution in [0, 0.1) is 5.82 Å². The first-order valence-corrected chi connectivity index (χ1v) is 8.12. The summed E-state index contributed by atoms with van der Waals surface area (Å²) in [4.78, 5) is 11.9. The Balaban J connectivity index is 1.46. The van der Waals surface area contributed by atoms with E-state index in [1.165, 1.54) is 12.1 Å². The molecule has 1 aromatic rings. The summed E-state index contributed by atoms with van der Waals surface area (Å²) < 4.78 is 29.7. The van der Waals surface area contributed by atoms with Crippen molar-refractivity contribution >= 4 is 5.91 Å². The van der Waals surface area contributed by atoms with Crippen LogP contribution >= 0.6 is 0 Å². The van der Waals surface area contributed by atoms with Gasteiger partial charge in [-0.2, -0.15) is 0 Å². The van der Waals surface area contributed by atoms with Crippen molar-refractivity contribution < 1.29 is 23.4 Å².